The number of fused-ring (bicyclic) bond motifs is 1. The van der Waals surface area contributed by atoms with Gasteiger partial charge in [-0.3, -0.25) is 0 Å². The summed E-state index contributed by atoms with van der Waals surface area (Å²) in [6.45, 7) is 3.75. The molecule has 0 radical (unpaired) electrons. The van der Waals surface area contributed by atoms with Gasteiger partial charge in [0, 0.05) is 16.5 Å². The number of carbonyl (C=O) groups excluding carboxylic acids is 1. The van der Waals surface area contributed by atoms with Crippen LogP contribution in [0.5, 0.6) is 23.0 Å². The van der Waals surface area contributed by atoms with E-state index in [4.69, 9.17) is 29.4 Å². The van der Waals surface area contributed by atoms with Gasteiger partial charge in [-0.05, 0) is 19.9 Å². The number of nitrogens with zero attached hydrogens (tertiary/aromatic N) is 1. The Hall–Kier alpha value is -3.38. The summed E-state index contributed by atoms with van der Waals surface area (Å²) in [6.07, 6.45) is 0. The van der Waals surface area contributed by atoms with Gasteiger partial charge in [0.05, 0.1) is 38.7 Å². The van der Waals surface area contributed by atoms with E-state index >= 15 is 0 Å². The maximum Gasteiger partial charge on any atom is 0.343 e. The molecule has 1 atom stereocenters. The third-order valence-corrected chi connectivity index (χ3v) is 5.89. The van der Waals surface area contributed by atoms with Crippen molar-refractivity contribution in [3.8, 4) is 29.1 Å². The maximum absolute atomic E-state index is 12.5. The van der Waals surface area contributed by atoms with E-state index in [-0.39, 0.29) is 18.1 Å². The SMILES string of the molecule is CCOC(=O)c1c(C)sc2c1OC(N)=C(C#N)C2c1cc(OC)c(OC)cc1OC. The van der Waals surface area contributed by atoms with E-state index in [1.165, 1.54) is 32.7 Å². The van der Waals surface area contributed by atoms with Gasteiger partial charge in [-0.15, -0.1) is 11.3 Å². The topological polar surface area (TPSA) is 113 Å². The quantitative estimate of drug-likeness (QED) is 0.693. The Morgan fingerprint density at radius 2 is 1.83 bits per heavy atom. The Balaban J connectivity index is 2.30. The number of methoxy groups -OCH3 is 3. The molecule has 30 heavy (non-hydrogen) atoms. The van der Waals surface area contributed by atoms with E-state index in [9.17, 15) is 10.1 Å². The van der Waals surface area contributed by atoms with Gasteiger partial charge < -0.3 is 29.4 Å². The van der Waals surface area contributed by atoms with E-state index < -0.39 is 11.9 Å². The van der Waals surface area contributed by atoms with Gasteiger partial charge >= 0.3 is 5.97 Å². The second-order valence-electron chi connectivity index (χ2n) is 6.32. The van der Waals surface area contributed by atoms with E-state index in [1.54, 1.807) is 26.0 Å². The number of thiophene rings is 1. The fourth-order valence-electron chi connectivity index (χ4n) is 3.41. The van der Waals surface area contributed by atoms with E-state index in [0.717, 1.165) is 0 Å². The van der Waals surface area contributed by atoms with Gasteiger partial charge in [0.2, 0.25) is 5.88 Å². The monoisotopic (exact) mass is 430 g/mol. The summed E-state index contributed by atoms with van der Waals surface area (Å²) in [5, 5.41) is 9.83. The highest BCUT2D eigenvalue weighted by Gasteiger charge is 2.39. The van der Waals surface area contributed by atoms with Crippen molar-refractivity contribution < 1.29 is 28.5 Å². The van der Waals surface area contributed by atoms with Crippen LogP contribution in [0.25, 0.3) is 0 Å². The Morgan fingerprint density at radius 1 is 1.20 bits per heavy atom. The fraction of sp³-hybridized carbons (Fsp3) is 0.333. The van der Waals surface area contributed by atoms with Gasteiger partial charge in [0.15, 0.2) is 17.2 Å². The molecule has 9 heteroatoms. The van der Waals surface area contributed by atoms with Gasteiger partial charge in [-0.2, -0.15) is 5.26 Å². The largest absolute Gasteiger partial charge is 0.496 e. The summed E-state index contributed by atoms with van der Waals surface area (Å²) in [4.78, 5) is 13.9. The number of ether oxygens (including phenoxy) is 5. The lowest BCUT2D eigenvalue weighted by Crippen LogP contribution is -2.21. The predicted octanol–water partition coefficient (Wildman–Crippen LogP) is 3.48. The Bertz CT molecular complexity index is 1070. The van der Waals surface area contributed by atoms with Crippen LogP contribution >= 0.6 is 11.3 Å². The van der Waals surface area contributed by atoms with Crippen molar-refractivity contribution in [1.82, 2.24) is 0 Å². The summed E-state index contributed by atoms with van der Waals surface area (Å²) >= 11 is 1.34. The van der Waals surface area contributed by atoms with Crippen molar-refractivity contribution in [2.45, 2.75) is 19.8 Å². The summed E-state index contributed by atoms with van der Waals surface area (Å²) in [5.74, 6) is 0.546. The van der Waals surface area contributed by atoms with Gasteiger partial charge in [0.25, 0.3) is 0 Å². The van der Waals surface area contributed by atoms with Crippen LogP contribution in [0.3, 0.4) is 0 Å². The number of hydrogen-bond donors (Lipinski definition) is 1. The van der Waals surface area contributed by atoms with Crippen molar-refractivity contribution in [2.24, 2.45) is 5.73 Å². The third-order valence-electron chi connectivity index (χ3n) is 4.74. The molecule has 8 nitrogen and oxygen atoms in total. The lowest BCUT2D eigenvalue weighted by atomic mass is 9.87. The molecule has 0 aliphatic carbocycles. The van der Waals surface area contributed by atoms with Crippen molar-refractivity contribution in [3.05, 3.63) is 44.5 Å². The van der Waals surface area contributed by atoms with Crippen LogP contribution in [0.1, 0.15) is 38.5 Å². The summed E-state index contributed by atoms with van der Waals surface area (Å²) in [5.41, 5.74) is 7.25. The first-order valence-electron chi connectivity index (χ1n) is 9.09. The van der Waals surface area contributed by atoms with Crippen LogP contribution in [0.15, 0.2) is 23.6 Å². The molecule has 1 unspecified atom stereocenters. The zero-order valence-corrected chi connectivity index (χ0v) is 18.1. The molecule has 2 aromatic rings. The second-order valence-corrected chi connectivity index (χ2v) is 7.58. The molecule has 158 valence electrons. The highest BCUT2D eigenvalue weighted by atomic mass is 32.1. The lowest BCUT2D eigenvalue weighted by molar-refractivity contribution is 0.0522. The maximum atomic E-state index is 12.5. The highest BCUT2D eigenvalue weighted by Crippen LogP contribution is 2.52. The Morgan fingerprint density at radius 3 is 2.40 bits per heavy atom. The van der Waals surface area contributed by atoms with Crippen molar-refractivity contribution >= 4 is 17.3 Å². The van der Waals surface area contributed by atoms with E-state index in [1.807, 2.05) is 0 Å². The molecule has 1 aromatic carbocycles. The smallest absolute Gasteiger partial charge is 0.343 e. The number of rotatable bonds is 6. The molecule has 0 spiro atoms. The average Bonchev–Trinajstić information content (AvgIpc) is 3.07. The van der Waals surface area contributed by atoms with Crippen molar-refractivity contribution in [2.75, 3.05) is 27.9 Å². The minimum absolute atomic E-state index is 0.0739. The van der Waals surface area contributed by atoms with Crippen LogP contribution < -0.4 is 24.7 Å². The molecular weight excluding hydrogens is 408 g/mol. The molecule has 0 bridgehead atoms. The van der Waals surface area contributed by atoms with Gasteiger partial charge in [-0.25, -0.2) is 4.79 Å². The van der Waals surface area contributed by atoms with E-state index in [0.29, 0.717) is 43.9 Å². The first-order valence-corrected chi connectivity index (χ1v) is 9.91. The second kappa shape index (κ2) is 8.55. The van der Waals surface area contributed by atoms with E-state index in [2.05, 4.69) is 6.07 Å². The first kappa shape index (κ1) is 21.3. The molecule has 1 aliphatic heterocycles. The van der Waals surface area contributed by atoms with Gasteiger partial charge in [0.1, 0.15) is 23.0 Å². The van der Waals surface area contributed by atoms with Crippen LogP contribution in [-0.4, -0.2) is 33.9 Å². The fourth-order valence-corrected chi connectivity index (χ4v) is 4.62. The molecule has 0 saturated heterocycles. The molecule has 0 saturated carbocycles. The lowest BCUT2D eigenvalue weighted by Gasteiger charge is -2.26. The van der Waals surface area contributed by atoms with Crippen molar-refractivity contribution in [1.29, 1.82) is 5.26 Å². The minimum Gasteiger partial charge on any atom is -0.496 e. The molecule has 0 fully saturated rings. The number of allylic oxidation sites excluding steroid dienone is 1. The Kier molecular flexibility index (Phi) is 6.08. The summed E-state index contributed by atoms with van der Waals surface area (Å²) in [7, 11) is 4.57. The predicted molar refractivity (Wildman–Crippen MR) is 110 cm³/mol. The highest BCUT2D eigenvalue weighted by molar-refractivity contribution is 7.12. The summed E-state index contributed by atoms with van der Waals surface area (Å²) < 4.78 is 27.3. The number of nitriles is 1. The molecule has 2 N–H and O–H groups in total. The summed E-state index contributed by atoms with van der Waals surface area (Å²) in [6, 6.07) is 5.56. The van der Waals surface area contributed by atoms with Crippen LogP contribution in [-0.2, 0) is 4.74 Å². The molecular formula is C21H22N2O6S. The normalized spacial score (nSPS) is 15.0. The minimum atomic E-state index is -0.611. The molecule has 1 aliphatic rings. The van der Waals surface area contributed by atoms with Gasteiger partial charge in [-0.1, -0.05) is 0 Å². The third kappa shape index (κ3) is 3.39. The number of carbonyl (C=O) groups is 1. The number of benzene rings is 1. The standard InChI is InChI=1S/C21H22N2O6S/c1-6-28-21(24)16-10(2)30-19-17(12(9-22)20(23)29-18(16)19)11-7-14(26-4)15(27-5)8-13(11)25-3/h7-8,17H,6,23H2,1-5H3. The number of hydrogen-bond acceptors (Lipinski definition) is 9. The molecule has 2 heterocycles. The first-order chi connectivity index (χ1) is 14.4. The average molecular weight is 430 g/mol. The Labute approximate surface area is 178 Å². The van der Waals surface area contributed by atoms with Crippen LogP contribution in [0, 0.1) is 18.3 Å². The van der Waals surface area contributed by atoms with Crippen LogP contribution in [0.4, 0.5) is 0 Å². The molecule has 1 aromatic heterocycles. The number of esters is 1. The number of nitrogens with two attached hydrogens (primary N) is 1. The number of aryl methyl sites for hydroxylation is 1. The molecule has 3 rings (SSSR count). The van der Waals surface area contributed by atoms with Crippen molar-refractivity contribution in [3.63, 3.8) is 0 Å². The zero-order valence-electron chi connectivity index (χ0n) is 17.3. The van der Waals surface area contributed by atoms with Crippen LogP contribution in [0.2, 0.25) is 0 Å². The zero-order chi connectivity index (χ0) is 22.0. The molecule has 0 amide bonds.